The van der Waals surface area contributed by atoms with Crippen LogP contribution in [0.25, 0.3) is 0 Å². The molecule has 1 atom stereocenters. The molecule has 1 heterocycles. The summed E-state index contributed by atoms with van der Waals surface area (Å²) < 4.78 is 10.1. The first-order valence-corrected chi connectivity index (χ1v) is 4.93. The molecule has 1 unspecified atom stereocenters. The van der Waals surface area contributed by atoms with Crippen LogP contribution in [0.3, 0.4) is 0 Å². The van der Waals surface area contributed by atoms with E-state index in [1.54, 1.807) is 19.2 Å². The number of aliphatic hydroxyl groups is 1. The Bertz CT molecular complexity index is 419. The fourth-order valence-electron chi connectivity index (χ4n) is 1.61. The van der Waals surface area contributed by atoms with Gasteiger partial charge in [-0.1, -0.05) is 12.1 Å². The number of hydrogen-bond donors (Lipinski definition) is 1. The van der Waals surface area contributed by atoms with Gasteiger partial charge in [0.15, 0.2) is 0 Å². The molecule has 1 aliphatic heterocycles. The molecule has 1 aliphatic rings. The summed E-state index contributed by atoms with van der Waals surface area (Å²) >= 11 is 0. The highest BCUT2D eigenvalue weighted by molar-refractivity contribution is 5.83. The summed E-state index contributed by atoms with van der Waals surface area (Å²) in [6, 6.07) is 7.21. The van der Waals surface area contributed by atoms with E-state index in [0.29, 0.717) is 6.42 Å². The van der Waals surface area contributed by atoms with Crippen molar-refractivity contribution in [1.82, 2.24) is 0 Å². The zero-order valence-electron chi connectivity index (χ0n) is 8.84. The second-order valence-corrected chi connectivity index (χ2v) is 3.54. The third-order valence-corrected chi connectivity index (χ3v) is 2.42. The van der Waals surface area contributed by atoms with Gasteiger partial charge in [-0.2, -0.15) is 0 Å². The van der Waals surface area contributed by atoms with Crippen molar-refractivity contribution in [2.75, 3.05) is 7.11 Å². The zero-order chi connectivity index (χ0) is 11.5. The Morgan fingerprint density at radius 1 is 1.38 bits per heavy atom. The topological polar surface area (TPSA) is 55.8 Å². The summed E-state index contributed by atoms with van der Waals surface area (Å²) in [6.45, 7) is 0. The van der Waals surface area contributed by atoms with Gasteiger partial charge in [0.1, 0.15) is 17.6 Å². The molecular formula is C12H12O4. The lowest BCUT2D eigenvalue weighted by molar-refractivity contribution is -0.145. The van der Waals surface area contributed by atoms with Crippen LogP contribution in [0, 0.1) is 0 Å². The number of carbonyl (C=O) groups excluding carboxylic acids is 1. The van der Waals surface area contributed by atoms with Gasteiger partial charge < -0.3 is 14.6 Å². The van der Waals surface area contributed by atoms with Crippen LogP contribution in [0.2, 0.25) is 0 Å². The van der Waals surface area contributed by atoms with Gasteiger partial charge in [-0.25, -0.2) is 4.79 Å². The highest BCUT2D eigenvalue weighted by atomic mass is 16.5. The van der Waals surface area contributed by atoms with Gasteiger partial charge in [0.2, 0.25) is 0 Å². The van der Waals surface area contributed by atoms with Crippen LogP contribution in [0.5, 0.6) is 5.75 Å². The molecule has 0 saturated carbocycles. The second-order valence-electron chi connectivity index (χ2n) is 3.54. The Kier molecular flexibility index (Phi) is 2.81. The van der Waals surface area contributed by atoms with E-state index in [1.807, 2.05) is 12.1 Å². The summed E-state index contributed by atoms with van der Waals surface area (Å²) in [5, 5.41) is 9.35. The van der Waals surface area contributed by atoms with E-state index < -0.39 is 12.1 Å². The molecule has 0 aromatic heterocycles. The third-order valence-electron chi connectivity index (χ3n) is 2.42. The minimum absolute atomic E-state index is 0.0528. The highest BCUT2D eigenvalue weighted by Gasteiger charge is 2.22. The lowest BCUT2D eigenvalue weighted by Crippen LogP contribution is -2.15. The van der Waals surface area contributed by atoms with E-state index in [0.717, 1.165) is 17.4 Å². The van der Waals surface area contributed by atoms with Gasteiger partial charge in [0, 0.05) is 6.42 Å². The van der Waals surface area contributed by atoms with E-state index >= 15 is 0 Å². The molecule has 4 nitrogen and oxygen atoms in total. The zero-order valence-corrected chi connectivity index (χ0v) is 8.84. The van der Waals surface area contributed by atoms with Crippen LogP contribution in [0.1, 0.15) is 18.1 Å². The number of esters is 1. The van der Waals surface area contributed by atoms with Gasteiger partial charge >= 0.3 is 5.97 Å². The van der Waals surface area contributed by atoms with Gasteiger partial charge in [0.05, 0.1) is 13.2 Å². The molecule has 84 valence electrons. The van der Waals surface area contributed by atoms with Gasteiger partial charge in [-0.3, -0.25) is 0 Å². The van der Waals surface area contributed by atoms with Crippen molar-refractivity contribution in [2.24, 2.45) is 0 Å². The molecule has 0 spiro atoms. The first kappa shape index (κ1) is 10.5. The SMILES string of the molecule is COc1ccc(C2CC(O)=CC(=O)O2)cc1. The molecule has 0 amide bonds. The molecule has 0 aliphatic carbocycles. The summed E-state index contributed by atoms with van der Waals surface area (Å²) in [7, 11) is 1.59. The normalized spacial score (nSPS) is 19.9. The predicted molar refractivity (Wildman–Crippen MR) is 57.2 cm³/mol. The Labute approximate surface area is 93.1 Å². The van der Waals surface area contributed by atoms with E-state index in [1.165, 1.54) is 0 Å². The monoisotopic (exact) mass is 220 g/mol. The van der Waals surface area contributed by atoms with Crippen molar-refractivity contribution < 1.29 is 19.4 Å². The largest absolute Gasteiger partial charge is 0.512 e. The number of ether oxygens (including phenoxy) is 2. The Morgan fingerprint density at radius 2 is 2.06 bits per heavy atom. The average molecular weight is 220 g/mol. The summed E-state index contributed by atoms with van der Waals surface area (Å²) in [5.41, 5.74) is 0.841. The van der Waals surface area contributed by atoms with Crippen molar-refractivity contribution in [3.05, 3.63) is 41.7 Å². The van der Waals surface area contributed by atoms with Gasteiger partial charge in [-0.15, -0.1) is 0 Å². The fourth-order valence-corrected chi connectivity index (χ4v) is 1.61. The van der Waals surface area contributed by atoms with Crippen molar-refractivity contribution >= 4 is 5.97 Å². The van der Waals surface area contributed by atoms with Crippen LogP contribution >= 0.6 is 0 Å². The molecule has 1 aromatic rings. The lowest BCUT2D eigenvalue weighted by atomic mass is 10.0. The molecular weight excluding hydrogens is 208 g/mol. The van der Waals surface area contributed by atoms with E-state index in [9.17, 15) is 9.90 Å². The van der Waals surface area contributed by atoms with E-state index in [4.69, 9.17) is 9.47 Å². The number of benzene rings is 1. The Hall–Kier alpha value is -1.97. The highest BCUT2D eigenvalue weighted by Crippen LogP contribution is 2.29. The lowest BCUT2D eigenvalue weighted by Gasteiger charge is -2.20. The molecule has 16 heavy (non-hydrogen) atoms. The number of carbonyl (C=O) groups is 1. The van der Waals surface area contributed by atoms with Crippen molar-refractivity contribution in [3.63, 3.8) is 0 Å². The Morgan fingerprint density at radius 3 is 2.62 bits per heavy atom. The molecule has 0 bridgehead atoms. The van der Waals surface area contributed by atoms with E-state index in [2.05, 4.69) is 0 Å². The smallest absolute Gasteiger partial charge is 0.334 e. The van der Waals surface area contributed by atoms with Gasteiger partial charge in [0.25, 0.3) is 0 Å². The molecule has 1 aromatic carbocycles. The maximum atomic E-state index is 11.1. The van der Waals surface area contributed by atoms with Crippen molar-refractivity contribution in [1.29, 1.82) is 0 Å². The maximum Gasteiger partial charge on any atom is 0.334 e. The first-order valence-electron chi connectivity index (χ1n) is 4.93. The first-order chi connectivity index (χ1) is 7.69. The molecule has 1 N–H and O–H groups in total. The molecule has 4 heteroatoms. The standard InChI is InChI=1S/C12H12O4/c1-15-10-4-2-8(3-5-10)11-6-9(13)7-12(14)16-11/h2-5,7,11,13H,6H2,1H3. The predicted octanol–water partition coefficient (Wildman–Crippen LogP) is 2.13. The van der Waals surface area contributed by atoms with Crippen LogP contribution in [-0.2, 0) is 9.53 Å². The van der Waals surface area contributed by atoms with Crippen LogP contribution in [-0.4, -0.2) is 18.2 Å². The van der Waals surface area contributed by atoms with Crippen LogP contribution in [0.4, 0.5) is 0 Å². The quantitative estimate of drug-likeness (QED) is 0.775. The second kappa shape index (κ2) is 4.26. The van der Waals surface area contributed by atoms with Crippen molar-refractivity contribution in [2.45, 2.75) is 12.5 Å². The molecule has 0 radical (unpaired) electrons. The third kappa shape index (κ3) is 2.16. The summed E-state index contributed by atoms with van der Waals surface area (Å²) in [5.74, 6) is 0.285. The van der Waals surface area contributed by atoms with Crippen LogP contribution in [0.15, 0.2) is 36.1 Å². The number of cyclic esters (lactones) is 1. The maximum absolute atomic E-state index is 11.1. The number of rotatable bonds is 2. The minimum atomic E-state index is -0.510. The summed E-state index contributed by atoms with van der Waals surface area (Å²) in [4.78, 5) is 11.1. The fraction of sp³-hybridized carbons (Fsp3) is 0.250. The minimum Gasteiger partial charge on any atom is -0.512 e. The molecule has 0 saturated heterocycles. The number of aliphatic hydroxyl groups excluding tert-OH is 1. The van der Waals surface area contributed by atoms with E-state index in [-0.39, 0.29) is 5.76 Å². The molecule has 2 rings (SSSR count). The Balaban J connectivity index is 2.18. The van der Waals surface area contributed by atoms with Crippen molar-refractivity contribution in [3.8, 4) is 5.75 Å². The number of hydrogen-bond acceptors (Lipinski definition) is 4. The molecule has 0 fully saturated rings. The number of methoxy groups -OCH3 is 1. The van der Waals surface area contributed by atoms with Gasteiger partial charge in [-0.05, 0) is 17.7 Å². The average Bonchev–Trinajstić information content (AvgIpc) is 2.28. The van der Waals surface area contributed by atoms with Crippen LogP contribution < -0.4 is 4.74 Å². The summed E-state index contributed by atoms with van der Waals surface area (Å²) in [6.07, 6.45) is 1.00.